The number of fused-ring (bicyclic) bond motifs is 1. The van der Waals surface area contributed by atoms with Gasteiger partial charge >= 0.3 is 0 Å². The van der Waals surface area contributed by atoms with Gasteiger partial charge in [0, 0.05) is 24.7 Å². The second-order valence-corrected chi connectivity index (χ2v) is 7.10. The highest BCUT2D eigenvalue weighted by molar-refractivity contribution is 5.96. The summed E-state index contributed by atoms with van der Waals surface area (Å²) in [6, 6.07) is 10.2. The van der Waals surface area contributed by atoms with Crippen molar-refractivity contribution in [3.8, 4) is 0 Å². The van der Waals surface area contributed by atoms with Crippen LogP contribution in [-0.4, -0.2) is 35.8 Å². The molecular weight excluding hydrogens is 372 g/mol. The molecule has 4 rings (SSSR count). The van der Waals surface area contributed by atoms with Gasteiger partial charge in [0.05, 0.1) is 17.7 Å². The minimum atomic E-state index is -0.349. The van der Waals surface area contributed by atoms with Crippen LogP contribution in [0.2, 0.25) is 0 Å². The standard InChI is InChI=1S/C22H20N2O5/c1-13(17-8-5-9-28-17)10-19(25)23-15-11-24(12-15)22(27)21-14(2)20(26)16-6-3-4-7-18(16)29-21/h3-10,15H,11-12H2,1-2H3,(H,23,25)/b13-10+. The summed E-state index contributed by atoms with van der Waals surface area (Å²) in [7, 11) is 0. The van der Waals surface area contributed by atoms with Crippen LogP contribution < -0.4 is 10.7 Å². The Kier molecular flexibility index (Phi) is 4.80. The first-order valence-corrected chi connectivity index (χ1v) is 9.28. The summed E-state index contributed by atoms with van der Waals surface area (Å²) in [5.74, 6) is 0.0852. The predicted molar refractivity (Wildman–Crippen MR) is 107 cm³/mol. The number of nitrogens with one attached hydrogen (secondary N) is 1. The molecule has 148 valence electrons. The van der Waals surface area contributed by atoms with Crippen molar-refractivity contribution in [2.45, 2.75) is 19.9 Å². The van der Waals surface area contributed by atoms with E-state index in [4.69, 9.17) is 8.83 Å². The Bertz CT molecular complexity index is 1170. The van der Waals surface area contributed by atoms with E-state index in [0.717, 1.165) is 0 Å². The number of rotatable bonds is 4. The van der Waals surface area contributed by atoms with Gasteiger partial charge in [0.2, 0.25) is 5.91 Å². The average Bonchev–Trinajstić information content (AvgIpc) is 3.21. The Labute approximate surface area is 166 Å². The van der Waals surface area contributed by atoms with Gasteiger partial charge in [-0.15, -0.1) is 0 Å². The first-order valence-electron chi connectivity index (χ1n) is 9.28. The highest BCUT2D eigenvalue weighted by Crippen LogP contribution is 2.20. The average molecular weight is 392 g/mol. The SMILES string of the molecule is C/C(=C\C(=O)NC1CN(C(=O)c2oc3ccccc3c(=O)c2C)C1)c1ccco1. The molecule has 7 heteroatoms. The topological polar surface area (TPSA) is 92.8 Å². The van der Waals surface area contributed by atoms with Crippen LogP contribution in [0.3, 0.4) is 0 Å². The molecule has 1 fully saturated rings. The predicted octanol–water partition coefficient (Wildman–Crippen LogP) is 2.74. The molecule has 2 amide bonds. The second kappa shape index (κ2) is 7.43. The van der Waals surface area contributed by atoms with Gasteiger partial charge in [-0.05, 0) is 43.7 Å². The zero-order chi connectivity index (χ0) is 20.5. The summed E-state index contributed by atoms with van der Waals surface area (Å²) < 4.78 is 11.0. The molecule has 0 unspecified atom stereocenters. The van der Waals surface area contributed by atoms with Crippen LogP contribution >= 0.6 is 0 Å². The Morgan fingerprint density at radius 2 is 1.93 bits per heavy atom. The third-order valence-electron chi connectivity index (χ3n) is 4.99. The number of nitrogens with zero attached hydrogens (tertiary/aromatic N) is 1. The molecule has 0 spiro atoms. The lowest BCUT2D eigenvalue weighted by molar-refractivity contribution is -0.118. The van der Waals surface area contributed by atoms with E-state index in [9.17, 15) is 14.4 Å². The molecule has 0 aliphatic carbocycles. The fourth-order valence-electron chi connectivity index (χ4n) is 3.33. The highest BCUT2D eigenvalue weighted by atomic mass is 16.3. The second-order valence-electron chi connectivity index (χ2n) is 7.10. The van der Waals surface area contributed by atoms with Crippen LogP contribution in [0.4, 0.5) is 0 Å². The molecule has 1 aliphatic rings. The normalized spacial score (nSPS) is 14.7. The first kappa shape index (κ1) is 18.7. The summed E-state index contributed by atoms with van der Waals surface area (Å²) in [4.78, 5) is 39.0. The van der Waals surface area contributed by atoms with Crippen molar-refractivity contribution in [2.75, 3.05) is 13.1 Å². The molecule has 0 atom stereocenters. The summed E-state index contributed by atoms with van der Waals surface area (Å²) in [5.41, 5.74) is 1.18. The Balaban J connectivity index is 1.41. The molecule has 3 heterocycles. The van der Waals surface area contributed by atoms with Crippen molar-refractivity contribution < 1.29 is 18.4 Å². The van der Waals surface area contributed by atoms with Gasteiger partial charge in [-0.25, -0.2) is 0 Å². The zero-order valence-corrected chi connectivity index (χ0v) is 16.1. The molecule has 1 aromatic carbocycles. The van der Waals surface area contributed by atoms with Gasteiger partial charge in [-0.2, -0.15) is 0 Å². The quantitative estimate of drug-likeness (QED) is 0.689. The van der Waals surface area contributed by atoms with E-state index in [0.29, 0.717) is 35.4 Å². The lowest BCUT2D eigenvalue weighted by Crippen LogP contribution is -2.60. The number of carbonyl (C=O) groups is 2. The molecule has 1 saturated heterocycles. The number of amides is 2. The maximum absolute atomic E-state index is 12.8. The minimum Gasteiger partial charge on any atom is -0.465 e. The van der Waals surface area contributed by atoms with Crippen molar-refractivity contribution in [2.24, 2.45) is 0 Å². The van der Waals surface area contributed by atoms with Crippen LogP contribution in [0.15, 0.2) is 62.4 Å². The molecule has 0 radical (unpaired) electrons. The Morgan fingerprint density at radius 1 is 1.17 bits per heavy atom. The molecule has 7 nitrogen and oxygen atoms in total. The first-order chi connectivity index (χ1) is 13.9. The van der Waals surface area contributed by atoms with Gasteiger partial charge in [0.15, 0.2) is 11.2 Å². The Hall–Kier alpha value is -3.61. The summed E-state index contributed by atoms with van der Waals surface area (Å²) in [6.45, 7) is 4.09. The van der Waals surface area contributed by atoms with Gasteiger partial charge in [-0.3, -0.25) is 14.4 Å². The van der Waals surface area contributed by atoms with Gasteiger partial charge in [0.25, 0.3) is 5.91 Å². The number of allylic oxidation sites excluding steroid dienone is 1. The molecular formula is C22H20N2O5. The van der Waals surface area contributed by atoms with Crippen LogP contribution in [0.25, 0.3) is 16.5 Å². The molecule has 3 aromatic rings. The van der Waals surface area contributed by atoms with Gasteiger partial charge in [0.1, 0.15) is 11.3 Å². The number of benzene rings is 1. The van der Waals surface area contributed by atoms with Crippen molar-refractivity contribution >= 4 is 28.4 Å². The number of hydrogen-bond acceptors (Lipinski definition) is 5. The van der Waals surface area contributed by atoms with Crippen molar-refractivity contribution in [1.82, 2.24) is 10.2 Å². The number of furan rings is 1. The fourth-order valence-corrected chi connectivity index (χ4v) is 3.33. The lowest BCUT2D eigenvalue weighted by atomic mass is 10.1. The van der Waals surface area contributed by atoms with Crippen molar-refractivity contribution in [1.29, 1.82) is 0 Å². The van der Waals surface area contributed by atoms with E-state index in [1.54, 1.807) is 61.4 Å². The van der Waals surface area contributed by atoms with Crippen molar-refractivity contribution in [3.05, 3.63) is 76.0 Å². The van der Waals surface area contributed by atoms with Crippen LogP contribution in [0.1, 0.15) is 28.8 Å². The molecule has 1 aliphatic heterocycles. The van der Waals surface area contributed by atoms with Gasteiger partial charge < -0.3 is 19.1 Å². The molecule has 29 heavy (non-hydrogen) atoms. The molecule has 0 bridgehead atoms. The minimum absolute atomic E-state index is 0.0482. The van der Waals surface area contributed by atoms with E-state index in [2.05, 4.69) is 5.32 Å². The number of likely N-dealkylation sites (tertiary alicyclic amines) is 1. The highest BCUT2D eigenvalue weighted by Gasteiger charge is 2.34. The van der Waals surface area contributed by atoms with E-state index in [-0.39, 0.29) is 34.6 Å². The third kappa shape index (κ3) is 3.59. The van der Waals surface area contributed by atoms with Gasteiger partial charge in [-0.1, -0.05) is 12.1 Å². The zero-order valence-electron chi connectivity index (χ0n) is 16.1. The number of hydrogen-bond donors (Lipinski definition) is 1. The summed E-state index contributed by atoms with van der Waals surface area (Å²) in [5, 5.41) is 3.31. The largest absolute Gasteiger partial charge is 0.465 e. The summed E-state index contributed by atoms with van der Waals surface area (Å²) >= 11 is 0. The van der Waals surface area contributed by atoms with E-state index in [1.165, 1.54) is 6.08 Å². The van der Waals surface area contributed by atoms with Crippen LogP contribution in [0, 0.1) is 6.92 Å². The third-order valence-corrected chi connectivity index (χ3v) is 4.99. The fraction of sp³-hybridized carbons (Fsp3) is 0.227. The molecule has 0 saturated carbocycles. The maximum atomic E-state index is 12.8. The Morgan fingerprint density at radius 3 is 2.66 bits per heavy atom. The number of carbonyl (C=O) groups excluding carboxylic acids is 2. The van der Waals surface area contributed by atoms with Crippen LogP contribution in [0.5, 0.6) is 0 Å². The molecule has 2 aromatic heterocycles. The van der Waals surface area contributed by atoms with E-state index >= 15 is 0 Å². The van der Waals surface area contributed by atoms with E-state index < -0.39 is 0 Å². The maximum Gasteiger partial charge on any atom is 0.290 e. The van der Waals surface area contributed by atoms with Crippen LogP contribution in [-0.2, 0) is 4.79 Å². The van der Waals surface area contributed by atoms with Crippen molar-refractivity contribution in [3.63, 3.8) is 0 Å². The lowest BCUT2D eigenvalue weighted by Gasteiger charge is -2.39. The summed E-state index contributed by atoms with van der Waals surface area (Å²) in [6.07, 6.45) is 3.02. The monoisotopic (exact) mass is 392 g/mol. The smallest absolute Gasteiger partial charge is 0.290 e. The number of para-hydroxylation sites is 1. The van der Waals surface area contributed by atoms with E-state index in [1.807, 2.05) is 0 Å². The molecule has 1 N–H and O–H groups in total.